The average molecular weight is 505 g/mol. The fourth-order valence-electron chi connectivity index (χ4n) is 4.22. The minimum absolute atomic E-state index is 0.674. The van der Waals surface area contributed by atoms with Gasteiger partial charge in [0.2, 0.25) is 5.13 Å². The van der Waals surface area contributed by atoms with Crippen molar-refractivity contribution in [3.63, 3.8) is 0 Å². The van der Waals surface area contributed by atoms with Crippen molar-refractivity contribution in [2.24, 2.45) is 15.3 Å². The lowest BCUT2D eigenvalue weighted by molar-refractivity contribution is 1.17. The molecule has 37 heavy (non-hydrogen) atoms. The summed E-state index contributed by atoms with van der Waals surface area (Å²) in [4.78, 5) is 8.20. The normalized spacial score (nSPS) is 11.8. The number of hydrazone groups is 1. The molecule has 2 aromatic heterocycles. The number of aromatic amines is 1. The molecule has 0 aliphatic rings. The zero-order chi connectivity index (χ0) is 25.8. The highest BCUT2D eigenvalue weighted by Gasteiger charge is 2.20. The van der Waals surface area contributed by atoms with Crippen LogP contribution in [0.1, 0.15) is 29.4 Å². The summed E-state index contributed by atoms with van der Waals surface area (Å²) in [6, 6.07) is 28.8. The summed E-state index contributed by atoms with van der Waals surface area (Å²) in [6.45, 7) is 8.08. The molecule has 0 unspecified atom stereocenters. The van der Waals surface area contributed by atoms with E-state index >= 15 is 0 Å². The highest BCUT2D eigenvalue weighted by Crippen LogP contribution is 2.37. The van der Waals surface area contributed by atoms with Gasteiger partial charge in [-0.3, -0.25) is 5.43 Å². The lowest BCUT2D eigenvalue weighted by Gasteiger charge is -2.09. The van der Waals surface area contributed by atoms with Gasteiger partial charge in [0, 0.05) is 16.8 Å². The molecule has 0 bridgehead atoms. The number of aryl methyl sites for hydroxylation is 3. The summed E-state index contributed by atoms with van der Waals surface area (Å²) in [6.07, 6.45) is 0. The first kappa shape index (κ1) is 24.3. The number of rotatable bonds is 7. The molecule has 7 heteroatoms. The number of aromatic nitrogens is 2. The Morgan fingerprint density at radius 1 is 0.811 bits per heavy atom. The van der Waals surface area contributed by atoms with Crippen molar-refractivity contribution in [1.82, 2.24) is 9.97 Å². The Bertz CT molecular complexity index is 1560. The fraction of sp³-hybridized carbons (Fsp3) is 0.133. The van der Waals surface area contributed by atoms with Crippen LogP contribution in [0, 0.1) is 20.8 Å². The Morgan fingerprint density at radius 2 is 1.46 bits per heavy atom. The molecule has 6 nitrogen and oxygen atoms in total. The van der Waals surface area contributed by atoms with E-state index in [1.54, 1.807) is 0 Å². The van der Waals surface area contributed by atoms with E-state index < -0.39 is 0 Å². The van der Waals surface area contributed by atoms with Gasteiger partial charge in [-0.05, 0) is 51.0 Å². The van der Waals surface area contributed by atoms with E-state index in [9.17, 15) is 0 Å². The largest absolute Gasteiger partial charge is 0.358 e. The Morgan fingerprint density at radius 3 is 2.14 bits per heavy atom. The van der Waals surface area contributed by atoms with Crippen LogP contribution in [0.5, 0.6) is 0 Å². The second-order valence-electron chi connectivity index (χ2n) is 8.86. The predicted octanol–water partition coefficient (Wildman–Crippen LogP) is 8.98. The van der Waals surface area contributed by atoms with Crippen LogP contribution < -0.4 is 5.43 Å². The molecule has 0 saturated heterocycles. The average Bonchev–Trinajstić information content (AvgIpc) is 3.47. The maximum Gasteiger partial charge on any atom is 0.205 e. The van der Waals surface area contributed by atoms with Gasteiger partial charge in [-0.15, -0.1) is 10.2 Å². The van der Waals surface area contributed by atoms with Crippen LogP contribution in [0.15, 0.2) is 100 Å². The molecule has 0 radical (unpaired) electrons. The lowest BCUT2D eigenvalue weighted by Crippen LogP contribution is -2.02. The molecule has 2 N–H and O–H groups in total. The van der Waals surface area contributed by atoms with Crippen molar-refractivity contribution < 1.29 is 0 Å². The van der Waals surface area contributed by atoms with Gasteiger partial charge >= 0.3 is 0 Å². The maximum absolute atomic E-state index is 4.72. The van der Waals surface area contributed by atoms with E-state index in [1.807, 2.05) is 50.2 Å². The number of H-pyrrole nitrogens is 1. The number of hydrogen-bond acceptors (Lipinski definition) is 6. The number of thiazole rings is 1. The summed E-state index contributed by atoms with van der Waals surface area (Å²) in [5, 5.41) is 14.9. The summed E-state index contributed by atoms with van der Waals surface area (Å²) in [5.41, 5.74) is 13.4. The second-order valence-corrected chi connectivity index (χ2v) is 9.84. The molecule has 184 valence electrons. The third-order valence-corrected chi connectivity index (χ3v) is 7.00. The molecule has 2 heterocycles. The van der Waals surface area contributed by atoms with Gasteiger partial charge in [0.15, 0.2) is 5.00 Å². The maximum atomic E-state index is 4.72. The minimum Gasteiger partial charge on any atom is -0.358 e. The molecule has 0 aliphatic heterocycles. The van der Waals surface area contributed by atoms with Crippen LogP contribution >= 0.6 is 11.3 Å². The number of anilines is 1. The van der Waals surface area contributed by atoms with Crippen molar-refractivity contribution >= 4 is 32.9 Å². The zero-order valence-electron chi connectivity index (χ0n) is 21.3. The molecule has 0 aliphatic carbocycles. The minimum atomic E-state index is 0.674. The molecule has 0 amide bonds. The SMILES string of the molecule is CC(=NNc1nc(C)c(N=Nc2ccc(C)cc2)s1)c1c(C)[nH]c(-c2ccccc2)c1-c1ccccc1. The smallest absolute Gasteiger partial charge is 0.205 e. The summed E-state index contributed by atoms with van der Waals surface area (Å²) < 4.78 is 0. The zero-order valence-corrected chi connectivity index (χ0v) is 22.1. The first-order valence-corrected chi connectivity index (χ1v) is 12.9. The first-order valence-electron chi connectivity index (χ1n) is 12.1. The number of hydrogen-bond donors (Lipinski definition) is 2. The molecule has 3 aromatic carbocycles. The van der Waals surface area contributed by atoms with Crippen LogP contribution in [0.3, 0.4) is 0 Å². The van der Waals surface area contributed by atoms with E-state index in [1.165, 1.54) is 16.9 Å². The second kappa shape index (κ2) is 10.7. The molecular weight excluding hydrogens is 476 g/mol. The van der Waals surface area contributed by atoms with Crippen molar-refractivity contribution in [2.45, 2.75) is 27.7 Å². The lowest BCUT2D eigenvalue weighted by atomic mass is 9.95. The Kier molecular flexibility index (Phi) is 7.05. The van der Waals surface area contributed by atoms with Crippen LogP contribution in [0.25, 0.3) is 22.4 Å². The monoisotopic (exact) mass is 504 g/mol. The van der Waals surface area contributed by atoms with E-state index in [2.05, 4.69) is 88.0 Å². The van der Waals surface area contributed by atoms with Gasteiger partial charge in [0.25, 0.3) is 0 Å². The van der Waals surface area contributed by atoms with Crippen molar-refractivity contribution in [1.29, 1.82) is 0 Å². The number of benzene rings is 3. The van der Waals surface area contributed by atoms with E-state index in [0.29, 0.717) is 5.13 Å². The fourth-order valence-corrected chi connectivity index (χ4v) is 4.96. The summed E-state index contributed by atoms with van der Waals surface area (Å²) >= 11 is 1.43. The van der Waals surface area contributed by atoms with Gasteiger partial charge in [0.1, 0.15) is 0 Å². The van der Waals surface area contributed by atoms with E-state index in [-0.39, 0.29) is 0 Å². The highest BCUT2D eigenvalue weighted by molar-refractivity contribution is 7.19. The van der Waals surface area contributed by atoms with Gasteiger partial charge in [-0.2, -0.15) is 5.10 Å². The van der Waals surface area contributed by atoms with Crippen molar-refractivity contribution in [3.05, 3.63) is 107 Å². The van der Waals surface area contributed by atoms with Crippen LogP contribution in [-0.4, -0.2) is 15.7 Å². The van der Waals surface area contributed by atoms with Gasteiger partial charge in [0.05, 0.1) is 22.8 Å². The summed E-state index contributed by atoms with van der Waals surface area (Å²) in [7, 11) is 0. The molecular formula is C30H28N6S. The van der Waals surface area contributed by atoms with Crippen LogP contribution in [0.4, 0.5) is 15.8 Å². The van der Waals surface area contributed by atoms with Gasteiger partial charge < -0.3 is 4.98 Å². The quantitative estimate of drug-likeness (QED) is 0.132. The topological polar surface area (TPSA) is 77.8 Å². The molecule has 5 rings (SSSR count). The Labute approximate surface area is 220 Å². The van der Waals surface area contributed by atoms with Gasteiger partial charge in [-0.25, -0.2) is 4.98 Å². The van der Waals surface area contributed by atoms with E-state index in [4.69, 9.17) is 5.10 Å². The first-order chi connectivity index (χ1) is 18.0. The third kappa shape index (κ3) is 5.42. The molecule has 0 fully saturated rings. The standard InChI is InChI=1S/C30H28N6S/c1-19-15-17-25(18-16-19)34-35-29-22(4)32-30(37-29)36-33-21(3)26-20(2)31-28(24-13-9-6-10-14-24)27(26)23-11-7-5-8-12-23/h5-18,31H,1-4H3,(H,32,36). The predicted molar refractivity (Wildman–Crippen MR) is 154 cm³/mol. The Hall–Kier alpha value is -4.36. The van der Waals surface area contributed by atoms with Gasteiger partial charge in [-0.1, -0.05) is 89.7 Å². The van der Waals surface area contributed by atoms with Crippen molar-refractivity contribution in [3.8, 4) is 22.4 Å². The third-order valence-electron chi connectivity index (χ3n) is 6.06. The molecule has 0 spiro atoms. The number of nitrogens with one attached hydrogen (secondary N) is 2. The number of azo groups is 1. The molecule has 0 saturated carbocycles. The summed E-state index contributed by atoms with van der Waals surface area (Å²) in [5.74, 6) is 0. The van der Waals surface area contributed by atoms with Crippen LogP contribution in [-0.2, 0) is 0 Å². The van der Waals surface area contributed by atoms with E-state index in [0.717, 1.165) is 55.7 Å². The molecule has 5 aromatic rings. The van der Waals surface area contributed by atoms with Crippen LogP contribution in [0.2, 0.25) is 0 Å². The highest BCUT2D eigenvalue weighted by atomic mass is 32.1. The van der Waals surface area contributed by atoms with Crippen molar-refractivity contribution in [2.75, 3.05) is 5.43 Å². The Balaban J connectivity index is 1.45. The molecule has 0 atom stereocenters. The number of nitrogens with zero attached hydrogens (tertiary/aromatic N) is 4.